The van der Waals surface area contributed by atoms with Gasteiger partial charge >= 0.3 is 29.8 Å². The number of ether oxygens (including phenoxy) is 4. The van der Waals surface area contributed by atoms with Gasteiger partial charge in [0.1, 0.15) is 36.7 Å². The maximum atomic E-state index is 13.6. The quantitative estimate of drug-likeness (QED) is 0.0244. The zero-order chi connectivity index (χ0) is 54.6. The number of Topliss-reactive ketones (excluding diaryl/α,β-unsaturated/α-hetero) is 1. The lowest BCUT2D eigenvalue weighted by molar-refractivity contribution is -0.286. The molecule has 6 atom stereocenters. The third-order valence-corrected chi connectivity index (χ3v) is 13.8. The van der Waals surface area contributed by atoms with Crippen molar-refractivity contribution in [2.75, 3.05) is 13.2 Å². The summed E-state index contributed by atoms with van der Waals surface area (Å²) in [5, 5.41) is 46.3. The maximum Gasteiger partial charge on any atom is 0.323 e. The number of carbonyl (C=O) groups is 7. The van der Waals surface area contributed by atoms with E-state index in [1.54, 1.807) is 0 Å². The van der Waals surface area contributed by atoms with Crippen LogP contribution in [0.4, 0.5) is 0 Å². The maximum absolute atomic E-state index is 13.6. The van der Waals surface area contributed by atoms with E-state index >= 15 is 0 Å². The molecule has 1 amide bonds. The molecule has 0 bridgehead atoms. The van der Waals surface area contributed by atoms with Gasteiger partial charge in [-0.25, -0.2) is 0 Å². The van der Waals surface area contributed by atoms with Gasteiger partial charge in [-0.15, -0.1) is 0 Å². The third-order valence-electron chi connectivity index (χ3n) is 13.8. The first kappa shape index (κ1) is 68.3. The average molecular weight is 1060 g/mol. The van der Waals surface area contributed by atoms with Crippen LogP contribution in [-0.2, 0) is 52.5 Å². The van der Waals surface area contributed by atoms with Crippen molar-refractivity contribution >= 4 is 41.5 Å². The monoisotopic (exact) mass is 1050 g/mol. The van der Waals surface area contributed by atoms with E-state index in [2.05, 4.69) is 31.4 Å². The van der Waals surface area contributed by atoms with Gasteiger partial charge in [0, 0.05) is 19.3 Å². The van der Waals surface area contributed by atoms with Crippen LogP contribution in [0.1, 0.15) is 265 Å². The molecule has 0 aliphatic carbocycles. The van der Waals surface area contributed by atoms with Crippen molar-refractivity contribution in [3.8, 4) is 0 Å². The van der Waals surface area contributed by atoms with Gasteiger partial charge in [0.15, 0.2) is 12.4 Å². The van der Waals surface area contributed by atoms with Crippen LogP contribution >= 0.6 is 0 Å². The number of aliphatic hydroxyl groups excluding tert-OH is 1. The summed E-state index contributed by atoms with van der Waals surface area (Å²) in [5.41, 5.74) is 0. The normalized spacial score (nSPS) is 18.0. The molecule has 1 fully saturated rings. The number of ketones is 1. The van der Waals surface area contributed by atoms with Gasteiger partial charge in [-0.05, 0) is 19.3 Å². The Morgan fingerprint density at radius 3 is 1.32 bits per heavy atom. The molecular formula is C57H102N2O15. The van der Waals surface area contributed by atoms with Crippen molar-refractivity contribution in [3.63, 3.8) is 0 Å². The average Bonchev–Trinajstić information content (AvgIpc) is 3.35. The molecule has 430 valence electrons. The highest BCUT2D eigenvalue weighted by atomic mass is 16.7. The molecule has 74 heavy (non-hydrogen) atoms. The molecule has 1 heterocycles. The number of nitrogens with one attached hydrogen (secondary N) is 2. The topological polar surface area (TPSA) is 261 Å². The Kier molecular flexibility index (Phi) is 42.0. The van der Waals surface area contributed by atoms with Crippen LogP contribution in [0.3, 0.4) is 0 Å². The third kappa shape index (κ3) is 36.3. The number of hydrogen-bond acceptors (Lipinski definition) is 13. The lowest BCUT2D eigenvalue weighted by atomic mass is 9.95. The largest absolute Gasteiger partial charge is 0.481 e. The van der Waals surface area contributed by atoms with Crippen LogP contribution in [0.2, 0.25) is 0 Å². The molecule has 0 radical (unpaired) electrons. The van der Waals surface area contributed by atoms with Gasteiger partial charge in [0.25, 0.3) is 0 Å². The second-order valence-corrected chi connectivity index (χ2v) is 20.7. The fraction of sp³-hybridized carbons (Fsp3) is 0.877. The van der Waals surface area contributed by atoms with Gasteiger partial charge in [0.2, 0.25) is 5.91 Å². The molecule has 1 aliphatic rings. The Morgan fingerprint density at radius 1 is 0.514 bits per heavy atom. The van der Waals surface area contributed by atoms with E-state index in [1.807, 2.05) is 0 Å². The lowest BCUT2D eigenvalue weighted by Crippen LogP contribution is -2.66. The van der Waals surface area contributed by atoms with Crippen LogP contribution in [-0.4, -0.2) is 118 Å². The number of carbonyl (C=O) groups excluding carboxylic acids is 4. The summed E-state index contributed by atoms with van der Waals surface area (Å²) < 4.78 is 23.5. The molecule has 1 saturated heterocycles. The van der Waals surface area contributed by atoms with Crippen LogP contribution in [0.5, 0.6) is 0 Å². The SMILES string of the molecule is CCCCCCCCCCCCCC(=O)N[C@H]1[C@@H](OC(CC(=O)O)CC(=O)O)O[C@H](COC(=O)C(CC(=O)O)NCC(=O)CCCCCCCCCCCC)[C@@H](O)[C@@H]1OC(=O)CCCCCCCCCCCCC. The molecule has 1 unspecified atom stereocenters. The summed E-state index contributed by atoms with van der Waals surface area (Å²) in [7, 11) is 0. The van der Waals surface area contributed by atoms with Crippen molar-refractivity contribution in [1.29, 1.82) is 0 Å². The zero-order valence-electron chi connectivity index (χ0n) is 46.1. The molecule has 0 saturated carbocycles. The Morgan fingerprint density at radius 2 is 0.905 bits per heavy atom. The minimum atomic E-state index is -1.78. The smallest absolute Gasteiger partial charge is 0.323 e. The summed E-state index contributed by atoms with van der Waals surface area (Å²) in [6.45, 7) is 5.54. The molecule has 6 N–H and O–H groups in total. The van der Waals surface area contributed by atoms with E-state index in [4.69, 9.17) is 18.9 Å². The van der Waals surface area contributed by atoms with Crippen LogP contribution in [0.25, 0.3) is 0 Å². The molecule has 0 aromatic carbocycles. The van der Waals surface area contributed by atoms with E-state index in [0.717, 1.165) is 83.5 Å². The molecule has 1 aliphatic heterocycles. The standard InChI is InChI=1S/C57H102N2O15/c1-4-7-10-13-16-19-22-25-28-31-34-37-48(61)59-53-55(74-52(68)38-35-32-29-26-23-20-17-14-11-8-5-2)54(69)47(73-57(53)72-45(39-49(62)63)40-50(64)65)43-71-56(70)46(41-51(66)67)58-42-44(60)36-33-30-27-24-21-18-15-12-9-6-3/h45-47,53-55,57-58,69H,4-43H2,1-3H3,(H,59,61)(H,62,63)(H,64,65)(H,66,67)/t46?,47-,53-,54-,55-,57+/m1/s1. The predicted molar refractivity (Wildman–Crippen MR) is 284 cm³/mol. The number of esters is 2. The first-order valence-corrected chi connectivity index (χ1v) is 29.3. The fourth-order valence-corrected chi connectivity index (χ4v) is 9.38. The second-order valence-electron chi connectivity index (χ2n) is 20.7. The summed E-state index contributed by atoms with van der Waals surface area (Å²) in [6.07, 6.45) is 24.2. The zero-order valence-corrected chi connectivity index (χ0v) is 46.1. The Bertz CT molecular complexity index is 1500. The summed E-state index contributed by atoms with van der Waals surface area (Å²) in [4.78, 5) is 89.0. The van der Waals surface area contributed by atoms with E-state index in [0.29, 0.717) is 19.3 Å². The Balaban J connectivity index is 3.18. The van der Waals surface area contributed by atoms with E-state index < -0.39 is 104 Å². The first-order valence-electron chi connectivity index (χ1n) is 29.3. The number of amides is 1. The molecule has 17 nitrogen and oxygen atoms in total. The number of aliphatic hydroxyl groups is 1. The molecule has 0 aromatic heterocycles. The molecule has 0 spiro atoms. The van der Waals surface area contributed by atoms with Gasteiger partial charge in [0.05, 0.1) is 31.9 Å². The van der Waals surface area contributed by atoms with E-state index in [-0.39, 0.29) is 31.6 Å². The number of unbranched alkanes of at least 4 members (excludes halogenated alkanes) is 29. The van der Waals surface area contributed by atoms with Gasteiger partial charge in [-0.2, -0.15) is 0 Å². The number of aliphatic carboxylic acids is 3. The molecule has 1 rings (SSSR count). The van der Waals surface area contributed by atoms with Gasteiger partial charge < -0.3 is 44.7 Å². The number of carboxylic acid groups (broad SMARTS) is 3. The highest BCUT2D eigenvalue weighted by Crippen LogP contribution is 2.29. The van der Waals surface area contributed by atoms with Crippen molar-refractivity contribution in [2.45, 2.75) is 308 Å². The second kappa shape index (κ2) is 45.5. The van der Waals surface area contributed by atoms with Crippen molar-refractivity contribution < 1.29 is 72.9 Å². The van der Waals surface area contributed by atoms with Gasteiger partial charge in [-0.1, -0.05) is 207 Å². The summed E-state index contributed by atoms with van der Waals surface area (Å²) in [5.74, 6) is -6.59. The minimum absolute atomic E-state index is 0.0210. The van der Waals surface area contributed by atoms with E-state index in [9.17, 15) is 54.0 Å². The highest BCUT2D eigenvalue weighted by Gasteiger charge is 2.50. The molecular weight excluding hydrogens is 953 g/mol. The van der Waals surface area contributed by atoms with Crippen LogP contribution in [0, 0.1) is 0 Å². The lowest BCUT2D eigenvalue weighted by Gasteiger charge is -2.44. The number of rotatable bonds is 51. The first-order chi connectivity index (χ1) is 35.7. The van der Waals surface area contributed by atoms with Crippen LogP contribution in [0.15, 0.2) is 0 Å². The highest BCUT2D eigenvalue weighted by molar-refractivity contribution is 5.84. The number of carboxylic acids is 3. The fourth-order valence-electron chi connectivity index (χ4n) is 9.38. The number of hydrogen-bond donors (Lipinski definition) is 6. The summed E-state index contributed by atoms with van der Waals surface area (Å²) in [6, 6.07) is -2.92. The van der Waals surface area contributed by atoms with Gasteiger partial charge in [-0.3, -0.25) is 38.9 Å². The van der Waals surface area contributed by atoms with Crippen molar-refractivity contribution in [1.82, 2.24) is 10.6 Å². The predicted octanol–water partition coefficient (Wildman–Crippen LogP) is 11.1. The van der Waals surface area contributed by atoms with Crippen molar-refractivity contribution in [3.05, 3.63) is 0 Å². The van der Waals surface area contributed by atoms with E-state index in [1.165, 1.54) is 103 Å². The van der Waals surface area contributed by atoms with Crippen LogP contribution < -0.4 is 10.6 Å². The van der Waals surface area contributed by atoms with Crippen molar-refractivity contribution in [2.24, 2.45) is 0 Å². The molecule has 17 heteroatoms. The molecule has 0 aromatic rings. The Labute approximate surface area is 444 Å². The summed E-state index contributed by atoms with van der Waals surface area (Å²) >= 11 is 0. The minimum Gasteiger partial charge on any atom is -0.481 e. The Hall–Kier alpha value is -3.67.